The van der Waals surface area contributed by atoms with E-state index in [1.807, 2.05) is 103 Å². The Morgan fingerprint density at radius 1 is 0.571 bits per heavy atom. The van der Waals surface area contributed by atoms with Gasteiger partial charge in [0.2, 0.25) is 0 Å². The van der Waals surface area contributed by atoms with Crippen molar-refractivity contribution in [2.24, 2.45) is 4.99 Å². The van der Waals surface area contributed by atoms with Crippen molar-refractivity contribution in [3.8, 4) is 33.9 Å². The highest BCUT2D eigenvalue weighted by molar-refractivity contribution is 6.45. The molecule has 0 N–H and O–H groups in total. The molecule has 0 fully saturated rings. The number of rotatable bonds is 12. The van der Waals surface area contributed by atoms with Gasteiger partial charge in [0.1, 0.15) is 23.1 Å². The molecule has 14 heteroatoms. The number of aliphatic imine (C=N–C) groups is 1. The van der Waals surface area contributed by atoms with Crippen molar-refractivity contribution in [2.75, 3.05) is 7.11 Å². The van der Waals surface area contributed by atoms with Crippen molar-refractivity contribution in [2.45, 2.75) is 130 Å². The summed E-state index contributed by atoms with van der Waals surface area (Å²) in [5.41, 5.74) is 7.04. The molecule has 5 nitrogen and oxygen atoms in total. The van der Waals surface area contributed by atoms with E-state index in [1.165, 1.54) is 7.11 Å². The Morgan fingerprint density at radius 2 is 1.07 bits per heavy atom. The number of nitrogens with zero attached hydrogens (tertiary/aromatic N) is 2. The third kappa shape index (κ3) is 13.0. The first-order valence-corrected chi connectivity index (χ1v) is 27.9. The average molecular weight is 1150 g/mol. The number of benzene rings is 6. The maximum atomic E-state index is 15.9. The van der Waals surface area contributed by atoms with Gasteiger partial charge in [-0.15, -0.1) is 0 Å². The van der Waals surface area contributed by atoms with Crippen LogP contribution in [0.1, 0.15) is 140 Å². The molecule has 0 radical (unpaired) electrons. The summed E-state index contributed by atoms with van der Waals surface area (Å²) in [6, 6.07) is 43.5. The van der Waals surface area contributed by atoms with Gasteiger partial charge in [-0.2, -0.15) is 26.3 Å². The minimum Gasteiger partial charge on any atom is -0.517 e. The van der Waals surface area contributed by atoms with Gasteiger partial charge in [-0.25, -0.2) is 13.8 Å². The number of ether oxygens (including phenoxy) is 1. The Bertz CT molecular complexity index is 3740. The van der Waals surface area contributed by atoms with Crippen LogP contribution in [0.4, 0.5) is 35.1 Å². The molecule has 436 valence electrons. The van der Waals surface area contributed by atoms with E-state index in [0.29, 0.717) is 86.2 Å². The molecular formula is C70H69BF8N2O3. The molecule has 6 aromatic carbocycles. The van der Waals surface area contributed by atoms with Crippen LogP contribution >= 0.6 is 0 Å². The molecule has 9 rings (SSSR count). The van der Waals surface area contributed by atoms with Crippen molar-refractivity contribution >= 4 is 24.1 Å². The second kappa shape index (κ2) is 22.7. The summed E-state index contributed by atoms with van der Waals surface area (Å²) >= 11 is 0. The number of allylic oxidation sites excluding steroid dienone is 4. The summed E-state index contributed by atoms with van der Waals surface area (Å²) in [5.74, 6) is -3.29. The summed E-state index contributed by atoms with van der Waals surface area (Å²) in [7, 11) is -0.373. The monoisotopic (exact) mass is 1150 g/mol. The fraction of sp³-hybridized carbons (Fsp3) is 0.300. The van der Waals surface area contributed by atoms with Crippen LogP contribution in [0, 0.1) is 5.82 Å². The third-order valence-electron chi connectivity index (χ3n) is 15.3. The predicted octanol–water partition coefficient (Wildman–Crippen LogP) is 19.6. The first kappa shape index (κ1) is 60.9. The molecule has 1 aliphatic heterocycles. The molecule has 2 aliphatic rings. The first-order valence-electron chi connectivity index (χ1n) is 27.9. The third-order valence-corrected chi connectivity index (χ3v) is 15.3. The standard InChI is InChI=1S/C70H69BF8N2O3/c1-65(2,3)46-26-18-42(19-27-46)53-40-59(44-22-30-48(31-23-44)67(7,8)9)80-63(53)62(52-16-14-15-17-61(52)82-13)64-54(43-20-28-47(29-21-43)66(4,5)6)41-60(45-24-32-49(33-25-45)68(10,11)12)81(64)71(83-50-34-36-55(57(72)38-50)69(74,75)76)84-51-35-37-56(58(73)39-51)70(77,78)79/h14-34,36-41,51H,35H2,1-13H3/b63-62-. The average Bonchev–Trinajstić information content (AvgIpc) is 2.05. The molecule has 0 saturated carbocycles. The highest BCUT2D eigenvalue weighted by atomic mass is 19.4. The zero-order valence-corrected chi connectivity index (χ0v) is 49.6. The van der Waals surface area contributed by atoms with Crippen LogP contribution in [0.3, 0.4) is 0 Å². The van der Waals surface area contributed by atoms with Crippen molar-refractivity contribution in [1.82, 2.24) is 4.48 Å². The van der Waals surface area contributed by atoms with Gasteiger partial charge < -0.3 is 18.5 Å². The smallest absolute Gasteiger partial charge is 0.517 e. The van der Waals surface area contributed by atoms with Gasteiger partial charge in [-0.05, 0) is 103 Å². The number of hydrogen-bond donors (Lipinski definition) is 0. The molecule has 0 saturated heterocycles. The lowest BCUT2D eigenvalue weighted by Gasteiger charge is -2.28. The predicted molar refractivity (Wildman–Crippen MR) is 323 cm³/mol. The quantitative estimate of drug-likeness (QED) is 0.0905. The van der Waals surface area contributed by atoms with Crippen molar-refractivity contribution < 1.29 is 49.2 Å². The molecule has 2 heterocycles. The lowest BCUT2D eigenvalue weighted by molar-refractivity contribution is -0.140. The van der Waals surface area contributed by atoms with Crippen LogP contribution in [0.5, 0.6) is 11.5 Å². The van der Waals surface area contributed by atoms with Crippen molar-refractivity contribution in [3.63, 3.8) is 0 Å². The Kier molecular flexibility index (Phi) is 16.5. The first-order chi connectivity index (χ1) is 39.2. The molecule has 84 heavy (non-hydrogen) atoms. The topological polar surface area (TPSA) is 45.0 Å². The maximum absolute atomic E-state index is 15.9. The summed E-state index contributed by atoms with van der Waals surface area (Å²) < 4.78 is 139. The summed E-state index contributed by atoms with van der Waals surface area (Å²) in [6.45, 7) is 25.3. The van der Waals surface area contributed by atoms with Gasteiger partial charge in [0.05, 0.1) is 41.5 Å². The van der Waals surface area contributed by atoms with E-state index in [0.717, 1.165) is 39.4 Å². The molecule has 0 spiro atoms. The van der Waals surface area contributed by atoms with Crippen molar-refractivity contribution in [1.29, 1.82) is 0 Å². The largest absolute Gasteiger partial charge is 0.670 e. The van der Waals surface area contributed by atoms with Crippen LogP contribution in [0.25, 0.3) is 33.5 Å². The van der Waals surface area contributed by atoms with E-state index in [4.69, 9.17) is 19.0 Å². The van der Waals surface area contributed by atoms with Gasteiger partial charge in [0.25, 0.3) is 0 Å². The van der Waals surface area contributed by atoms with Gasteiger partial charge in [-0.3, -0.25) is 0 Å². The second-order valence-corrected chi connectivity index (χ2v) is 25.6. The van der Waals surface area contributed by atoms with Gasteiger partial charge >= 0.3 is 19.6 Å². The van der Waals surface area contributed by atoms with Crippen LogP contribution in [0.2, 0.25) is 0 Å². The Balaban J connectivity index is 1.47. The van der Waals surface area contributed by atoms with E-state index in [1.54, 1.807) is 10.5 Å². The maximum Gasteiger partial charge on any atom is 0.670 e. The van der Waals surface area contributed by atoms with E-state index in [2.05, 4.69) is 107 Å². The van der Waals surface area contributed by atoms with E-state index in [9.17, 15) is 26.3 Å². The number of hydrogen-bond acceptors (Lipinski definition) is 4. The molecule has 0 amide bonds. The molecule has 0 bridgehead atoms. The second-order valence-electron chi connectivity index (χ2n) is 25.6. The van der Waals surface area contributed by atoms with Gasteiger partial charge in [0, 0.05) is 39.6 Å². The van der Waals surface area contributed by atoms with Gasteiger partial charge in [-0.1, -0.05) is 204 Å². The lowest BCUT2D eigenvalue weighted by Crippen LogP contribution is -2.40. The van der Waals surface area contributed by atoms with E-state index < -0.39 is 60.7 Å². The van der Waals surface area contributed by atoms with E-state index in [-0.39, 0.29) is 21.7 Å². The van der Waals surface area contributed by atoms with E-state index >= 15 is 8.78 Å². The van der Waals surface area contributed by atoms with Crippen LogP contribution < -0.4 is 9.39 Å². The minimum atomic E-state index is -5.08. The van der Waals surface area contributed by atoms with Crippen LogP contribution in [-0.4, -0.2) is 36.8 Å². The Labute approximate surface area is 488 Å². The summed E-state index contributed by atoms with van der Waals surface area (Å²) in [5, 5.41) is 0. The fourth-order valence-corrected chi connectivity index (χ4v) is 10.4. The molecule has 1 unspecified atom stereocenters. The van der Waals surface area contributed by atoms with Gasteiger partial charge in [0.15, 0.2) is 0 Å². The number of methoxy groups -OCH3 is 1. The molecule has 7 aromatic rings. The highest BCUT2D eigenvalue weighted by Crippen LogP contribution is 2.49. The van der Waals surface area contributed by atoms with Crippen LogP contribution in [-0.2, 0) is 32.5 Å². The normalized spacial score (nSPS) is 16.0. The Hall–Kier alpha value is -7.71. The molecular weight excluding hydrogens is 1080 g/mol. The van der Waals surface area contributed by atoms with Crippen molar-refractivity contribution in [3.05, 3.63) is 237 Å². The number of alkyl halides is 6. The SMILES string of the molecule is COc1ccccc1/C(=C1/N=C(c2ccc(C(C)(C)C)cc2)C=C1c1ccc(C(C)(C)C)cc1)c1c(-c2ccc(C(C)(C)C)cc2)cc(-c2ccc(C(C)(C)C)cc2)n1B(Oc1ccc(C(F)(F)F)c(F)c1)OC1C=C(F)C(C(F)(F)F)=CC1. The number of halogens is 8. The summed E-state index contributed by atoms with van der Waals surface area (Å²) in [6.07, 6.45) is -8.70. The lowest BCUT2D eigenvalue weighted by atomic mass is 9.84. The Morgan fingerprint density at radius 3 is 1.55 bits per heavy atom. The molecule has 1 atom stereocenters. The zero-order valence-electron chi connectivity index (χ0n) is 49.6. The highest BCUT2D eigenvalue weighted by Gasteiger charge is 2.43. The van der Waals surface area contributed by atoms with Crippen LogP contribution in [0.15, 0.2) is 186 Å². The fourth-order valence-electron chi connectivity index (χ4n) is 10.4. The minimum absolute atomic E-state index is 0.158. The molecule has 1 aromatic heterocycles. The zero-order chi connectivity index (χ0) is 61.1. The number of para-hydroxylation sites is 1. The summed E-state index contributed by atoms with van der Waals surface area (Å²) in [4.78, 5) is 5.62. The molecule has 1 aliphatic carbocycles. The number of aromatic nitrogens is 1.